The summed E-state index contributed by atoms with van der Waals surface area (Å²) in [6.45, 7) is 0. The first kappa shape index (κ1) is 15.6. The van der Waals surface area contributed by atoms with Gasteiger partial charge in [0.25, 0.3) is 11.8 Å². The minimum absolute atomic E-state index is 0.0951. The topological polar surface area (TPSA) is 55.8 Å². The third kappa shape index (κ3) is 2.50. The van der Waals surface area contributed by atoms with E-state index in [4.69, 9.17) is 21.1 Å². The molecule has 1 aliphatic heterocycles. The van der Waals surface area contributed by atoms with E-state index in [9.17, 15) is 9.59 Å². The van der Waals surface area contributed by atoms with Crippen molar-refractivity contribution < 1.29 is 19.1 Å². The van der Waals surface area contributed by atoms with Crippen LogP contribution in [0.2, 0.25) is 0 Å². The van der Waals surface area contributed by atoms with Crippen LogP contribution in [-0.4, -0.2) is 26.0 Å². The van der Waals surface area contributed by atoms with Crippen molar-refractivity contribution in [2.24, 2.45) is 0 Å². The number of halogens is 1. The van der Waals surface area contributed by atoms with E-state index in [0.29, 0.717) is 22.1 Å². The first-order valence-electron chi connectivity index (χ1n) is 6.63. The number of methoxy groups -OCH3 is 2. The fraction of sp³-hybridized carbons (Fsp3) is 0.125. The fourth-order valence-electron chi connectivity index (χ4n) is 2.33. The zero-order chi connectivity index (χ0) is 16.6. The Balaban J connectivity index is 2.10. The molecule has 0 atom stereocenters. The standard InChI is InChI=1S/C16H12ClNO4S/c1-21-9-5-6-11(22-2)10(8-9)18-15(19)13(14(17)16(18)20)12-4-3-7-23-12/h3-8H,1-2H3. The fourth-order valence-corrected chi connectivity index (χ4v) is 3.42. The number of imide groups is 1. The van der Waals surface area contributed by atoms with Crippen molar-refractivity contribution in [1.82, 2.24) is 0 Å². The molecular weight excluding hydrogens is 338 g/mol. The number of carbonyl (C=O) groups excluding carboxylic acids is 2. The van der Waals surface area contributed by atoms with Gasteiger partial charge in [-0.3, -0.25) is 9.59 Å². The predicted molar refractivity (Wildman–Crippen MR) is 89.1 cm³/mol. The second-order valence-corrected chi connectivity index (χ2v) is 5.98. The van der Waals surface area contributed by atoms with E-state index in [1.54, 1.807) is 30.3 Å². The molecule has 0 fully saturated rings. The van der Waals surface area contributed by atoms with Crippen LogP contribution in [0.1, 0.15) is 4.88 Å². The molecule has 2 aromatic rings. The van der Waals surface area contributed by atoms with Crippen molar-refractivity contribution in [3.05, 3.63) is 45.6 Å². The summed E-state index contributed by atoms with van der Waals surface area (Å²) in [7, 11) is 2.97. The molecule has 0 unspecified atom stereocenters. The van der Waals surface area contributed by atoms with Gasteiger partial charge in [0.2, 0.25) is 0 Å². The summed E-state index contributed by atoms with van der Waals surface area (Å²) in [5.41, 5.74) is 0.503. The van der Waals surface area contributed by atoms with Gasteiger partial charge in [-0.1, -0.05) is 17.7 Å². The Bertz CT molecular complexity index is 813. The molecular formula is C16H12ClNO4S. The Morgan fingerprint density at radius 1 is 1.09 bits per heavy atom. The highest BCUT2D eigenvalue weighted by molar-refractivity contribution is 7.11. The van der Waals surface area contributed by atoms with Gasteiger partial charge in [0.05, 0.1) is 25.5 Å². The van der Waals surface area contributed by atoms with E-state index >= 15 is 0 Å². The molecule has 0 radical (unpaired) electrons. The number of hydrogen-bond acceptors (Lipinski definition) is 5. The molecule has 2 heterocycles. The summed E-state index contributed by atoms with van der Waals surface area (Å²) >= 11 is 7.48. The van der Waals surface area contributed by atoms with Crippen LogP contribution in [0, 0.1) is 0 Å². The molecule has 0 saturated heterocycles. The molecule has 23 heavy (non-hydrogen) atoms. The van der Waals surface area contributed by atoms with Gasteiger partial charge in [-0.15, -0.1) is 11.3 Å². The minimum Gasteiger partial charge on any atom is -0.497 e. The van der Waals surface area contributed by atoms with E-state index < -0.39 is 11.8 Å². The van der Waals surface area contributed by atoms with E-state index in [0.717, 1.165) is 4.90 Å². The Kier molecular flexibility index (Phi) is 4.11. The number of hydrogen-bond donors (Lipinski definition) is 0. The monoisotopic (exact) mass is 349 g/mol. The normalized spacial score (nSPS) is 14.7. The second kappa shape index (κ2) is 6.06. The summed E-state index contributed by atoms with van der Waals surface area (Å²) in [5, 5.41) is 1.72. The van der Waals surface area contributed by atoms with E-state index in [2.05, 4.69) is 0 Å². The lowest BCUT2D eigenvalue weighted by Gasteiger charge is -2.18. The Morgan fingerprint density at radius 2 is 1.87 bits per heavy atom. The molecule has 1 aliphatic rings. The average Bonchev–Trinajstić information content (AvgIpc) is 3.15. The maximum Gasteiger partial charge on any atom is 0.277 e. The van der Waals surface area contributed by atoms with Crippen LogP contribution in [0.4, 0.5) is 5.69 Å². The number of ether oxygens (including phenoxy) is 2. The number of thiophene rings is 1. The van der Waals surface area contributed by atoms with Gasteiger partial charge in [-0.05, 0) is 23.6 Å². The molecule has 0 aliphatic carbocycles. The van der Waals surface area contributed by atoms with Crippen LogP contribution in [-0.2, 0) is 9.59 Å². The van der Waals surface area contributed by atoms with Crippen LogP contribution in [0.5, 0.6) is 11.5 Å². The average molecular weight is 350 g/mol. The van der Waals surface area contributed by atoms with Crippen molar-refractivity contribution in [3.63, 3.8) is 0 Å². The van der Waals surface area contributed by atoms with Crippen molar-refractivity contribution >= 4 is 46.0 Å². The van der Waals surface area contributed by atoms with E-state index in [1.807, 2.05) is 5.38 Å². The molecule has 0 spiro atoms. The highest BCUT2D eigenvalue weighted by Gasteiger charge is 2.41. The van der Waals surface area contributed by atoms with Crippen LogP contribution in [0.25, 0.3) is 5.57 Å². The quantitative estimate of drug-likeness (QED) is 0.795. The maximum atomic E-state index is 12.8. The number of benzene rings is 1. The van der Waals surface area contributed by atoms with Crippen LogP contribution >= 0.6 is 22.9 Å². The molecule has 7 heteroatoms. The number of carbonyl (C=O) groups is 2. The number of rotatable bonds is 4. The first-order chi connectivity index (χ1) is 11.1. The van der Waals surface area contributed by atoms with Crippen molar-refractivity contribution in [2.75, 3.05) is 19.1 Å². The third-order valence-corrected chi connectivity index (χ3v) is 4.66. The molecule has 118 valence electrons. The molecule has 2 amide bonds. The largest absolute Gasteiger partial charge is 0.497 e. The van der Waals surface area contributed by atoms with Gasteiger partial charge in [-0.25, -0.2) is 4.90 Å². The number of amides is 2. The molecule has 3 rings (SSSR count). The maximum absolute atomic E-state index is 12.8. The van der Waals surface area contributed by atoms with E-state index in [1.165, 1.54) is 25.6 Å². The van der Waals surface area contributed by atoms with Gasteiger partial charge < -0.3 is 9.47 Å². The molecule has 0 bridgehead atoms. The van der Waals surface area contributed by atoms with Crippen molar-refractivity contribution in [3.8, 4) is 11.5 Å². The first-order valence-corrected chi connectivity index (χ1v) is 7.88. The molecule has 1 aromatic heterocycles. The zero-order valence-corrected chi connectivity index (χ0v) is 13.9. The predicted octanol–water partition coefficient (Wildman–Crippen LogP) is 3.29. The van der Waals surface area contributed by atoms with Crippen molar-refractivity contribution in [1.29, 1.82) is 0 Å². The minimum atomic E-state index is -0.577. The molecule has 0 N–H and O–H groups in total. The summed E-state index contributed by atoms with van der Waals surface area (Å²) in [5.74, 6) is -0.174. The van der Waals surface area contributed by atoms with Gasteiger partial charge in [0.1, 0.15) is 16.5 Å². The SMILES string of the molecule is COc1ccc(OC)c(N2C(=O)C(Cl)=C(c3cccs3)C2=O)c1. The number of nitrogens with zero attached hydrogens (tertiary/aromatic N) is 1. The van der Waals surface area contributed by atoms with Crippen LogP contribution in [0.3, 0.4) is 0 Å². The Morgan fingerprint density at radius 3 is 2.48 bits per heavy atom. The lowest BCUT2D eigenvalue weighted by atomic mass is 10.2. The zero-order valence-electron chi connectivity index (χ0n) is 12.3. The van der Waals surface area contributed by atoms with Gasteiger partial charge in [-0.2, -0.15) is 0 Å². The van der Waals surface area contributed by atoms with Gasteiger partial charge >= 0.3 is 0 Å². The molecule has 0 saturated carbocycles. The second-order valence-electron chi connectivity index (χ2n) is 4.65. The van der Waals surface area contributed by atoms with Gasteiger partial charge in [0, 0.05) is 10.9 Å². The lowest BCUT2D eigenvalue weighted by Crippen LogP contribution is -2.31. The molecule has 5 nitrogen and oxygen atoms in total. The lowest BCUT2D eigenvalue weighted by molar-refractivity contribution is -0.119. The van der Waals surface area contributed by atoms with Gasteiger partial charge in [0.15, 0.2) is 0 Å². The third-order valence-electron chi connectivity index (χ3n) is 3.42. The summed E-state index contributed by atoms with van der Waals surface area (Å²) in [4.78, 5) is 26.9. The number of anilines is 1. The summed E-state index contributed by atoms with van der Waals surface area (Å²) < 4.78 is 10.4. The highest BCUT2D eigenvalue weighted by atomic mass is 35.5. The molecule has 1 aromatic carbocycles. The van der Waals surface area contributed by atoms with Crippen LogP contribution in [0.15, 0.2) is 40.7 Å². The Hall–Kier alpha value is -2.31. The summed E-state index contributed by atoms with van der Waals surface area (Å²) in [6.07, 6.45) is 0. The van der Waals surface area contributed by atoms with Crippen LogP contribution < -0.4 is 14.4 Å². The van der Waals surface area contributed by atoms with E-state index in [-0.39, 0.29) is 10.6 Å². The highest BCUT2D eigenvalue weighted by Crippen LogP contribution is 2.41. The smallest absolute Gasteiger partial charge is 0.277 e. The van der Waals surface area contributed by atoms with Crippen molar-refractivity contribution in [2.45, 2.75) is 0 Å². The summed E-state index contributed by atoms with van der Waals surface area (Å²) in [6, 6.07) is 8.42. The Labute approximate surface area is 141 Å².